The van der Waals surface area contributed by atoms with Gasteiger partial charge in [-0.25, -0.2) is 0 Å². The maximum atomic E-state index is 12.0. The van der Waals surface area contributed by atoms with Gasteiger partial charge in [0.2, 0.25) is 5.13 Å². The number of halogens is 1. The first-order chi connectivity index (χ1) is 12.6. The average molecular weight is 450 g/mol. The maximum absolute atomic E-state index is 12.0. The Bertz CT molecular complexity index is 867. The summed E-state index contributed by atoms with van der Waals surface area (Å²) in [4.78, 5) is 12.0. The zero-order valence-electron chi connectivity index (χ0n) is 13.9. The lowest BCUT2D eigenvalue weighted by Crippen LogP contribution is -2.20. The highest BCUT2D eigenvalue weighted by Crippen LogP contribution is 2.28. The third-order valence-corrected chi connectivity index (χ3v) is 5.89. The van der Waals surface area contributed by atoms with E-state index in [1.165, 1.54) is 22.5 Å². The number of thioether (sulfide) groups is 1. The summed E-state index contributed by atoms with van der Waals surface area (Å²) in [6, 6.07) is 15.7. The Labute approximate surface area is 168 Å². The Morgan fingerprint density at radius 2 is 1.88 bits per heavy atom. The molecule has 0 aliphatic rings. The van der Waals surface area contributed by atoms with Crippen LogP contribution in [0.4, 0.5) is 5.13 Å². The molecule has 0 saturated heterocycles. The van der Waals surface area contributed by atoms with Crippen LogP contribution in [-0.2, 0) is 10.5 Å². The topological polar surface area (TPSA) is 64.1 Å². The van der Waals surface area contributed by atoms with Crippen molar-refractivity contribution in [2.24, 2.45) is 0 Å². The van der Waals surface area contributed by atoms with Crippen LogP contribution in [0.2, 0.25) is 0 Å². The Morgan fingerprint density at radius 3 is 2.62 bits per heavy atom. The van der Waals surface area contributed by atoms with Gasteiger partial charge in [0, 0.05) is 10.2 Å². The minimum absolute atomic E-state index is 0.0763. The Hall–Kier alpha value is -1.90. The van der Waals surface area contributed by atoms with E-state index in [1.807, 2.05) is 12.1 Å². The quantitative estimate of drug-likeness (QED) is 0.409. The zero-order chi connectivity index (χ0) is 18.4. The molecule has 134 valence electrons. The number of aromatic nitrogens is 2. The molecule has 0 bridgehead atoms. The summed E-state index contributed by atoms with van der Waals surface area (Å²) >= 11 is 6.30. The van der Waals surface area contributed by atoms with E-state index in [0.717, 1.165) is 14.6 Å². The van der Waals surface area contributed by atoms with Crippen LogP contribution in [0.3, 0.4) is 0 Å². The molecule has 5 nitrogen and oxygen atoms in total. The molecular weight excluding hydrogens is 434 g/mol. The molecule has 26 heavy (non-hydrogen) atoms. The fraction of sp³-hybridized carbons (Fsp3) is 0.167. The van der Waals surface area contributed by atoms with Gasteiger partial charge in [0.15, 0.2) is 10.9 Å². The fourth-order valence-electron chi connectivity index (χ4n) is 1.98. The van der Waals surface area contributed by atoms with E-state index < -0.39 is 0 Å². The van der Waals surface area contributed by atoms with E-state index in [2.05, 4.69) is 62.6 Å². The van der Waals surface area contributed by atoms with E-state index in [9.17, 15) is 4.79 Å². The first-order valence-corrected chi connectivity index (χ1v) is 10.4. The van der Waals surface area contributed by atoms with Crippen molar-refractivity contribution < 1.29 is 9.53 Å². The third kappa shape index (κ3) is 5.82. The van der Waals surface area contributed by atoms with Crippen LogP contribution >= 0.6 is 39.0 Å². The summed E-state index contributed by atoms with van der Waals surface area (Å²) in [7, 11) is 0. The van der Waals surface area contributed by atoms with Crippen LogP contribution in [0, 0.1) is 6.92 Å². The number of aryl methyl sites for hydroxylation is 1. The highest BCUT2D eigenvalue weighted by molar-refractivity contribution is 9.10. The van der Waals surface area contributed by atoms with Crippen LogP contribution in [0.1, 0.15) is 11.1 Å². The van der Waals surface area contributed by atoms with Gasteiger partial charge in [0.1, 0.15) is 5.75 Å². The molecule has 1 aromatic heterocycles. The van der Waals surface area contributed by atoms with E-state index in [4.69, 9.17) is 4.74 Å². The Kier molecular flexibility index (Phi) is 6.65. The fourth-order valence-corrected chi connectivity index (χ4v) is 3.97. The van der Waals surface area contributed by atoms with E-state index in [0.29, 0.717) is 10.9 Å². The number of rotatable bonds is 7. The SMILES string of the molecule is Cc1ccc(CSc2nnc(NC(=O)COc3ccc(Br)cc3)s2)cc1. The van der Waals surface area contributed by atoms with Crippen molar-refractivity contribution in [3.8, 4) is 5.75 Å². The predicted octanol–water partition coefficient (Wildman–Crippen LogP) is 4.92. The van der Waals surface area contributed by atoms with Crippen molar-refractivity contribution in [1.29, 1.82) is 0 Å². The normalized spacial score (nSPS) is 10.5. The number of anilines is 1. The van der Waals surface area contributed by atoms with Gasteiger partial charge in [-0.1, -0.05) is 68.9 Å². The molecule has 0 unspecified atom stereocenters. The molecule has 1 heterocycles. The maximum Gasteiger partial charge on any atom is 0.264 e. The molecular formula is C18H16BrN3O2S2. The van der Waals surface area contributed by atoms with Crippen molar-refractivity contribution in [2.45, 2.75) is 17.0 Å². The van der Waals surface area contributed by atoms with Crippen LogP contribution in [-0.4, -0.2) is 22.7 Å². The lowest BCUT2D eigenvalue weighted by Gasteiger charge is -2.05. The van der Waals surface area contributed by atoms with Gasteiger partial charge < -0.3 is 4.74 Å². The molecule has 1 N–H and O–H groups in total. The molecule has 0 spiro atoms. The lowest BCUT2D eigenvalue weighted by atomic mass is 10.2. The van der Waals surface area contributed by atoms with Gasteiger partial charge in [-0.3, -0.25) is 10.1 Å². The van der Waals surface area contributed by atoms with Gasteiger partial charge in [-0.05, 0) is 36.8 Å². The molecule has 0 fully saturated rings. The second-order valence-corrected chi connectivity index (χ2v) is 8.55. The second-order valence-electron chi connectivity index (χ2n) is 5.44. The first-order valence-electron chi connectivity index (χ1n) is 7.78. The molecule has 0 radical (unpaired) electrons. The van der Waals surface area contributed by atoms with Gasteiger partial charge in [0.05, 0.1) is 0 Å². The number of hydrogen-bond donors (Lipinski definition) is 1. The van der Waals surface area contributed by atoms with E-state index >= 15 is 0 Å². The van der Waals surface area contributed by atoms with Gasteiger partial charge in [-0.2, -0.15) is 0 Å². The van der Waals surface area contributed by atoms with Crippen LogP contribution in [0.15, 0.2) is 57.3 Å². The third-order valence-electron chi connectivity index (χ3n) is 3.32. The second kappa shape index (κ2) is 9.16. The summed E-state index contributed by atoms with van der Waals surface area (Å²) in [5.41, 5.74) is 2.47. The van der Waals surface area contributed by atoms with Crippen molar-refractivity contribution >= 4 is 50.1 Å². The number of amides is 1. The Morgan fingerprint density at radius 1 is 1.15 bits per heavy atom. The first kappa shape index (κ1) is 18.9. The summed E-state index contributed by atoms with van der Waals surface area (Å²) in [6.45, 7) is 1.99. The van der Waals surface area contributed by atoms with Crippen LogP contribution in [0.5, 0.6) is 5.75 Å². The smallest absolute Gasteiger partial charge is 0.264 e. The molecule has 3 aromatic rings. The van der Waals surface area contributed by atoms with Gasteiger partial charge in [-0.15, -0.1) is 10.2 Å². The van der Waals surface area contributed by atoms with E-state index in [-0.39, 0.29) is 12.5 Å². The molecule has 0 saturated carbocycles. The van der Waals surface area contributed by atoms with E-state index in [1.54, 1.807) is 23.9 Å². The number of benzene rings is 2. The number of ether oxygens (including phenoxy) is 1. The highest BCUT2D eigenvalue weighted by atomic mass is 79.9. The van der Waals surface area contributed by atoms with Crippen molar-refractivity contribution in [1.82, 2.24) is 10.2 Å². The molecule has 2 aromatic carbocycles. The number of carbonyl (C=O) groups is 1. The van der Waals surface area contributed by atoms with Crippen molar-refractivity contribution in [3.63, 3.8) is 0 Å². The van der Waals surface area contributed by atoms with Gasteiger partial charge in [0.25, 0.3) is 5.91 Å². The monoisotopic (exact) mass is 449 g/mol. The van der Waals surface area contributed by atoms with Crippen molar-refractivity contribution in [2.75, 3.05) is 11.9 Å². The molecule has 0 atom stereocenters. The number of nitrogens with zero attached hydrogens (tertiary/aromatic N) is 2. The summed E-state index contributed by atoms with van der Waals surface area (Å²) in [6.07, 6.45) is 0. The summed E-state index contributed by atoms with van der Waals surface area (Å²) in [5.74, 6) is 1.18. The minimum Gasteiger partial charge on any atom is -0.484 e. The molecule has 8 heteroatoms. The van der Waals surface area contributed by atoms with Crippen LogP contribution < -0.4 is 10.1 Å². The van der Waals surface area contributed by atoms with Crippen LogP contribution in [0.25, 0.3) is 0 Å². The van der Waals surface area contributed by atoms with Gasteiger partial charge >= 0.3 is 0 Å². The largest absolute Gasteiger partial charge is 0.484 e. The summed E-state index contributed by atoms with van der Waals surface area (Å²) in [5, 5.41) is 11.3. The number of carbonyl (C=O) groups excluding carboxylic acids is 1. The number of nitrogens with one attached hydrogen (secondary N) is 1. The summed E-state index contributed by atoms with van der Waals surface area (Å²) < 4.78 is 7.21. The molecule has 3 rings (SSSR count). The lowest BCUT2D eigenvalue weighted by molar-refractivity contribution is -0.118. The standard InChI is InChI=1S/C18H16BrN3O2S2/c1-12-2-4-13(5-3-12)11-25-18-22-21-17(26-18)20-16(23)10-24-15-8-6-14(19)7-9-15/h2-9H,10-11H2,1H3,(H,20,21,23). The molecule has 0 aliphatic heterocycles. The molecule has 0 aliphatic carbocycles. The zero-order valence-corrected chi connectivity index (χ0v) is 17.2. The average Bonchev–Trinajstić information content (AvgIpc) is 3.08. The van der Waals surface area contributed by atoms with Crippen molar-refractivity contribution in [3.05, 3.63) is 64.1 Å². The Balaban J connectivity index is 1.45. The highest BCUT2D eigenvalue weighted by Gasteiger charge is 2.09. The predicted molar refractivity (Wildman–Crippen MR) is 109 cm³/mol. The minimum atomic E-state index is -0.265. The molecule has 1 amide bonds. The number of hydrogen-bond acceptors (Lipinski definition) is 6.